The van der Waals surface area contributed by atoms with Crippen molar-refractivity contribution in [3.63, 3.8) is 0 Å². The van der Waals surface area contributed by atoms with Gasteiger partial charge in [-0.15, -0.1) is 0 Å². The second-order valence-electron chi connectivity index (χ2n) is 4.21. The van der Waals surface area contributed by atoms with Crippen LogP contribution in [0.15, 0.2) is 22.9 Å². The molecule has 0 aliphatic rings. The molecule has 0 spiro atoms. The van der Waals surface area contributed by atoms with E-state index in [2.05, 4.69) is 31.5 Å². The molecule has 1 heterocycles. The van der Waals surface area contributed by atoms with Crippen molar-refractivity contribution in [2.75, 3.05) is 18.9 Å². The number of carbonyl (C=O) groups is 1. The van der Waals surface area contributed by atoms with Crippen molar-refractivity contribution in [2.45, 2.75) is 13.8 Å². The molecule has 0 aromatic carbocycles. The Bertz CT molecular complexity index is 379. The molecular weight excluding hydrogens is 270 g/mol. The van der Waals surface area contributed by atoms with Crippen molar-refractivity contribution in [3.05, 3.63) is 22.9 Å². The summed E-state index contributed by atoms with van der Waals surface area (Å²) in [7, 11) is 1.64. The van der Waals surface area contributed by atoms with Crippen LogP contribution in [0.2, 0.25) is 0 Å². The van der Waals surface area contributed by atoms with Gasteiger partial charge in [0, 0.05) is 24.3 Å². The normalized spacial score (nSPS) is 11.0. The molecule has 0 saturated heterocycles. The molecule has 1 rings (SSSR count). The van der Waals surface area contributed by atoms with Gasteiger partial charge in [-0.05, 0) is 35.8 Å². The van der Waals surface area contributed by atoms with E-state index in [1.807, 2.05) is 19.9 Å². The number of anilines is 1. The highest BCUT2D eigenvalue weighted by atomic mass is 79.9. The number of amides is 1. The van der Waals surface area contributed by atoms with Gasteiger partial charge in [-0.2, -0.15) is 0 Å². The molecule has 16 heavy (non-hydrogen) atoms. The molecule has 5 heteroatoms. The van der Waals surface area contributed by atoms with Gasteiger partial charge < -0.3 is 10.6 Å². The molecule has 88 valence electrons. The Labute approximate surface area is 104 Å². The molecule has 0 radical (unpaired) electrons. The van der Waals surface area contributed by atoms with Gasteiger partial charge in [0.15, 0.2) is 0 Å². The summed E-state index contributed by atoms with van der Waals surface area (Å²) in [6.45, 7) is 4.35. The van der Waals surface area contributed by atoms with Gasteiger partial charge in [-0.3, -0.25) is 9.78 Å². The first-order valence-corrected chi connectivity index (χ1v) is 5.81. The minimum atomic E-state index is -0.447. The van der Waals surface area contributed by atoms with Crippen molar-refractivity contribution in [3.8, 4) is 0 Å². The van der Waals surface area contributed by atoms with Crippen LogP contribution in [0.4, 0.5) is 5.69 Å². The first-order valence-electron chi connectivity index (χ1n) is 5.02. The third kappa shape index (κ3) is 3.48. The highest BCUT2D eigenvalue weighted by Gasteiger charge is 2.26. The third-order valence-electron chi connectivity index (χ3n) is 2.28. The smallest absolute Gasteiger partial charge is 0.227 e. The van der Waals surface area contributed by atoms with Crippen LogP contribution in [0.5, 0.6) is 0 Å². The fourth-order valence-electron chi connectivity index (χ4n) is 1.25. The predicted molar refractivity (Wildman–Crippen MR) is 68.3 cm³/mol. The van der Waals surface area contributed by atoms with Gasteiger partial charge in [0.2, 0.25) is 5.91 Å². The first kappa shape index (κ1) is 13.0. The summed E-state index contributed by atoms with van der Waals surface area (Å²) in [5, 5.41) is 5.84. The Hall–Kier alpha value is -1.10. The van der Waals surface area contributed by atoms with Crippen molar-refractivity contribution in [1.29, 1.82) is 0 Å². The SMILES string of the molecule is CNC(=O)C(C)(C)CNc1cncc(Br)c1. The number of carbonyl (C=O) groups excluding carboxylic acids is 1. The highest BCUT2D eigenvalue weighted by molar-refractivity contribution is 9.10. The summed E-state index contributed by atoms with van der Waals surface area (Å²) in [6.07, 6.45) is 3.44. The van der Waals surface area contributed by atoms with Crippen LogP contribution < -0.4 is 10.6 Å². The minimum Gasteiger partial charge on any atom is -0.383 e. The van der Waals surface area contributed by atoms with E-state index in [0.717, 1.165) is 10.2 Å². The van der Waals surface area contributed by atoms with Crippen molar-refractivity contribution in [1.82, 2.24) is 10.3 Å². The summed E-state index contributed by atoms with van der Waals surface area (Å²) < 4.78 is 0.912. The highest BCUT2D eigenvalue weighted by Crippen LogP contribution is 2.18. The van der Waals surface area contributed by atoms with E-state index in [9.17, 15) is 4.79 Å². The Morgan fingerprint density at radius 1 is 1.50 bits per heavy atom. The van der Waals surface area contributed by atoms with E-state index >= 15 is 0 Å². The molecule has 0 aliphatic heterocycles. The molecule has 1 aromatic rings. The van der Waals surface area contributed by atoms with Gasteiger partial charge in [-0.25, -0.2) is 0 Å². The molecule has 1 aromatic heterocycles. The molecule has 0 fully saturated rings. The van der Waals surface area contributed by atoms with E-state index in [-0.39, 0.29) is 5.91 Å². The molecular formula is C11H16BrN3O. The van der Waals surface area contributed by atoms with Crippen LogP contribution in [-0.4, -0.2) is 24.5 Å². The molecule has 4 nitrogen and oxygen atoms in total. The second kappa shape index (κ2) is 5.30. The van der Waals surface area contributed by atoms with Crippen LogP contribution in [-0.2, 0) is 4.79 Å². The number of nitrogens with zero attached hydrogens (tertiary/aromatic N) is 1. The molecule has 2 N–H and O–H groups in total. The number of nitrogens with one attached hydrogen (secondary N) is 2. The number of hydrogen-bond donors (Lipinski definition) is 2. The molecule has 0 atom stereocenters. The van der Waals surface area contributed by atoms with E-state index in [4.69, 9.17) is 0 Å². The molecule has 0 bridgehead atoms. The average molecular weight is 286 g/mol. The minimum absolute atomic E-state index is 0.0166. The van der Waals surface area contributed by atoms with Gasteiger partial charge in [-0.1, -0.05) is 0 Å². The van der Waals surface area contributed by atoms with Crippen LogP contribution in [0, 0.1) is 5.41 Å². The zero-order chi connectivity index (χ0) is 12.2. The van der Waals surface area contributed by atoms with Gasteiger partial charge in [0.05, 0.1) is 17.3 Å². The molecule has 0 unspecified atom stereocenters. The number of pyridine rings is 1. The second-order valence-corrected chi connectivity index (χ2v) is 5.12. The Morgan fingerprint density at radius 3 is 2.75 bits per heavy atom. The summed E-state index contributed by atoms with van der Waals surface area (Å²) in [4.78, 5) is 15.6. The monoisotopic (exact) mass is 285 g/mol. The van der Waals surface area contributed by atoms with E-state index < -0.39 is 5.41 Å². The number of hydrogen-bond acceptors (Lipinski definition) is 3. The summed E-state index contributed by atoms with van der Waals surface area (Å²) >= 11 is 3.34. The van der Waals surface area contributed by atoms with Crippen molar-refractivity contribution < 1.29 is 4.79 Å². The number of halogens is 1. The average Bonchev–Trinajstić information content (AvgIpc) is 2.25. The molecule has 0 saturated carbocycles. The Balaban J connectivity index is 2.61. The van der Waals surface area contributed by atoms with Gasteiger partial charge in [0.25, 0.3) is 0 Å². The fourth-order valence-corrected chi connectivity index (χ4v) is 1.62. The fraction of sp³-hybridized carbons (Fsp3) is 0.455. The standard InChI is InChI=1S/C11H16BrN3O/c1-11(2,10(16)13-3)7-15-9-4-8(12)5-14-6-9/h4-6,15H,7H2,1-3H3,(H,13,16). The lowest BCUT2D eigenvalue weighted by atomic mass is 9.92. The lowest BCUT2D eigenvalue weighted by molar-refractivity contribution is -0.128. The largest absolute Gasteiger partial charge is 0.383 e. The first-order chi connectivity index (χ1) is 7.45. The number of rotatable bonds is 4. The zero-order valence-corrected chi connectivity index (χ0v) is 11.3. The Morgan fingerprint density at radius 2 is 2.19 bits per heavy atom. The molecule has 1 amide bonds. The van der Waals surface area contributed by atoms with Gasteiger partial charge in [0.1, 0.15) is 0 Å². The van der Waals surface area contributed by atoms with Gasteiger partial charge >= 0.3 is 0 Å². The predicted octanol–water partition coefficient (Wildman–Crippen LogP) is 2.03. The third-order valence-corrected chi connectivity index (χ3v) is 2.71. The van der Waals surface area contributed by atoms with E-state index in [1.54, 1.807) is 19.4 Å². The molecule has 0 aliphatic carbocycles. The van der Waals surface area contributed by atoms with Crippen LogP contribution in [0.3, 0.4) is 0 Å². The maximum absolute atomic E-state index is 11.5. The van der Waals surface area contributed by atoms with Crippen LogP contribution in [0.25, 0.3) is 0 Å². The zero-order valence-electron chi connectivity index (χ0n) is 9.67. The Kier molecular flexibility index (Phi) is 4.29. The van der Waals surface area contributed by atoms with Crippen molar-refractivity contribution >= 4 is 27.5 Å². The quantitative estimate of drug-likeness (QED) is 0.890. The maximum atomic E-state index is 11.5. The van der Waals surface area contributed by atoms with E-state index in [1.165, 1.54) is 0 Å². The summed E-state index contributed by atoms with van der Waals surface area (Å²) in [5.41, 5.74) is 0.447. The topological polar surface area (TPSA) is 54.0 Å². The summed E-state index contributed by atoms with van der Waals surface area (Å²) in [5.74, 6) is 0.0166. The maximum Gasteiger partial charge on any atom is 0.227 e. The van der Waals surface area contributed by atoms with E-state index in [0.29, 0.717) is 6.54 Å². The van der Waals surface area contributed by atoms with Crippen molar-refractivity contribution in [2.24, 2.45) is 5.41 Å². The van der Waals surface area contributed by atoms with Crippen LogP contribution >= 0.6 is 15.9 Å². The van der Waals surface area contributed by atoms with Crippen LogP contribution in [0.1, 0.15) is 13.8 Å². The number of aromatic nitrogens is 1. The summed E-state index contributed by atoms with van der Waals surface area (Å²) in [6, 6.07) is 1.92. The lowest BCUT2D eigenvalue weighted by Crippen LogP contribution is -2.39. The lowest BCUT2D eigenvalue weighted by Gasteiger charge is -2.23.